The predicted octanol–water partition coefficient (Wildman–Crippen LogP) is 1.15. The molecule has 2 rings (SSSR count). The second-order valence-corrected chi connectivity index (χ2v) is 7.60. The lowest BCUT2D eigenvalue weighted by Gasteiger charge is -2.34. The number of hydrogen-bond acceptors (Lipinski definition) is 4. The second-order valence-electron chi connectivity index (χ2n) is 5.67. The van der Waals surface area contributed by atoms with Crippen molar-refractivity contribution in [2.45, 2.75) is 31.7 Å². The molecule has 6 nitrogen and oxygen atoms in total. The summed E-state index contributed by atoms with van der Waals surface area (Å²) in [6, 6.07) is 6.39. The molecule has 1 fully saturated rings. The van der Waals surface area contributed by atoms with E-state index in [-0.39, 0.29) is 16.8 Å². The summed E-state index contributed by atoms with van der Waals surface area (Å²) in [5.74, 6) is -0.0502. The third-order valence-corrected chi connectivity index (χ3v) is 6.27. The van der Waals surface area contributed by atoms with Crippen LogP contribution in [0.3, 0.4) is 0 Å². The van der Waals surface area contributed by atoms with Crippen LogP contribution in [0.1, 0.15) is 31.1 Å². The van der Waals surface area contributed by atoms with Crippen molar-refractivity contribution in [3.63, 3.8) is 0 Å². The minimum atomic E-state index is -3.48. The molecule has 1 unspecified atom stereocenters. The number of benzene rings is 1. The van der Waals surface area contributed by atoms with E-state index in [0.717, 1.165) is 13.1 Å². The van der Waals surface area contributed by atoms with Crippen LogP contribution in [0.4, 0.5) is 0 Å². The van der Waals surface area contributed by atoms with Gasteiger partial charge in [-0.3, -0.25) is 4.79 Å². The zero-order valence-corrected chi connectivity index (χ0v) is 14.8. The summed E-state index contributed by atoms with van der Waals surface area (Å²) in [5, 5.41) is 3.25. The number of amides is 1. The van der Waals surface area contributed by atoms with Gasteiger partial charge in [-0.25, -0.2) is 8.42 Å². The Labute approximate surface area is 138 Å². The molecule has 0 bridgehead atoms. The van der Waals surface area contributed by atoms with Crippen molar-refractivity contribution in [2.75, 3.05) is 32.7 Å². The van der Waals surface area contributed by atoms with E-state index >= 15 is 0 Å². The van der Waals surface area contributed by atoms with Crippen molar-refractivity contribution < 1.29 is 13.2 Å². The summed E-state index contributed by atoms with van der Waals surface area (Å²) >= 11 is 0. The quantitative estimate of drug-likeness (QED) is 0.874. The van der Waals surface area contributed by atoms with Crippen LogP contribution in [-0.2, 0) is 10.0 Å². The van der Waals surface area contributed by atoms with E-state index in [1.807, 2.05) is 25.7 Å². The standard InChI is InChI=1S/C16H25N3O3S/c1-4-18(5-2)23(21,22)15-8-6-14(7-9-15)16(20)19-11-10-17-12-13(19)3/h6-9,13,17H,4-5,10-12H2,1-3H3. The zero-order valence-electron chi connectivity index (χ0n) is 13.9. The Balaban J connectivity index is 2.21. The number of rotatable bonds is 5. The topological polar surface area (TPSA) is 69.7 Å². The molecule has 1 heterocycles. The lowest BCUT2D eigenvalue weighted by atomic mass is 10.1. The molecular weight excluding hydrogens is 314 g/mol. The number of sulfonamides is 1. The van der Waals surface area contributed by atoms with E-state index in [1.54, 1.807) is 12.1 Å². The van der Waals surface area contributed by atoms with Gasteiger partial charge in [-0.05, 0) is 31.2 Å². The first-order valence-electron chi connectivity index (χ1n) is 8.03. The van der Waals surface area contributed by atoms with E-state index in [4.69, 9.17) is 0 Å². The number of carbonyl (C=O) groups excluding carboxylic acids is 1. The van der Waals surface area contributed by atoms with Gasteiger partial charge in [0.1, 0.15) is 0 Å². The minimum Gasteiger partial charge on any atom is -0.333 e. The Bertz CT molecular complexity index is 639. The van der Waals surface area contributed by atoms with Crippen LogP contribution in [0.25, 0.3) is 0 Å². The van der Waals surface area contributed by atoms with Gasteiger partial charge in [-0.2, -0.15) is 4.31 Å². The van der Waals surface area contributed by atoms with Crippen molar-refractivity contribution in [1.29, 1.82) is 0 Å². The normalized spacial score (nSPS) is 19.1. The summed E-state index contributed by atoms with van der Waals surface area (Å²) in [6.07, 6.45) is 0. The monoisotopic (exact) mass is 339 g/mol. The average Bonchev–Trinajstić information content (AvgIpc) is 2.55. The fourth-order valence-electron chi connectivity index (χ4n) is 2.79. The van der Waals surface area contributed by atoms with Gasteiger partial charge in [0, 0.05) is 44.3 Å². The molecule has 128 valence electrons. The number of nitrogens with zero attached hydrogens (tertiary/aromatic N) is 2. The highest BCUT2D eigenvalue weighted by Gasteiger charge is 2.25. The minimum absolute atomic E-state index is 0.0502. The fraction of sp³-hybridized carbons (Fsp3) is 0.562. The maximum absolute atomic E-state index is 12.6. The molecule has 1 aromatic rings. The Hall–Kier alpha value is -1.44. The molecule has 0 spiro atoms. The van der Waals surface area contributed by atoms with Crippen molar-refractivity contribution in [1.82, 2.24) is 14.5 Å². The number of carbonyl (C=O) groups is 1. The molecule has 7 heteroatoms. The summed E-state index contributed by atoms with van der Waals surface area (Å²) in [7, 11) is -3.48. The maximum atomic E-state index is 12.6. The number of piperazine rings is 1. The van der Waals surface area contributed by atoms with Crippen LogP contribution in [0.2, 0.25) is 0 Å². The molecule has 1 aliphatic rings. The molecule has 1 aliphatic heterocycles. The Morgan fingerprint density at radius 3 is 2.39 bits per heavy atom. The molecule has 1 aromatic carbocycles. The molecule has 1 saturated heterocycles. The summed E-state index contributed by atoms with van der Waals surface area (Å²) in [5.41, 5.74) is 0.525. The third kappa shape index (κ3) is 3.73. The molecule has 1 amide bonds. The SMILES string of the molecule is CCN(CC)S(=O)(=O)c1ccc(C(=O)N2CCNCC2C)cc1. The molecule has 1 N–H and O–H groups in total. The van der Waals surface area contributed by atoms with Gasteiger partial charge in [-0.1, -0.05) is 13.8 Å². The Kier molecular flexibility index (Phi) is 5.78. The lowest BCUT2D eigenvalue weighted by Crippen LogP contribution is -2.52. The van der Waals surface area contributed by atoms with Crippen molar-refractivity contribution >= 4 is 15.9 Å². The highest BCUT2D eigenvalue weighted by atomic mass is 32.2. The highest BCUT2D eigenvalue weighted by molar-refractivity contribution is 7.89. The lowest BCUT2D eigenvalue weighted by molar-refractivity contribution is 0.0655. The van der Waals surface area contributed by atoms with Crippen molar-refractivity contribution in [2.24, 2.45) is 0 Å². The van der Waals surface area contributed by atoms with Gasteiger partial charge in [0.15, 0.2) is 0 Å². The van der Waals surface area contributed by atoms with E-state index in [2.05, 4.69) is 5.32 Å². The first-order valence-corrected chi connectivity index (χ1v) is 9.47. The molecule has 0 aromatic heterocycles. The van der Waals surface area contributed by atoms with E-state index in [9.17, 15) is 13.2 Å². The van der Waals surface area contributed by atoms with Crippen LogP contribution >= 0.6 is 0 Å². The van der Waals surface area contributed by atoms with Crippen LogP contribution < -0.4 is 5.32 Å². The van der Waals surface area contributed by atoms with Gasteiger partial charge in [0.05, 0.1) is 4.90 Å². The van der Waals surface area contributed by atoms with Gasteiger partial charge in [0.25, 0.3) is 5.91 Å². The van der Waals surface area contributed by atoms with Crippen molar-refractivity contribution in [3.8, 4) is 0 Å². The Morgan fingerprint density at radius 2 is 1.87 bits per heavy atom. The predicted molar refractivity (Wildman–Crippen MR) is 89.9 cm³/mol. The third-order valence-electron chi connectivity index (χ3n) is 4.21. The van der Waals surface area contributed by atoms with Crippen LogP contribution in [0.5, 0.6) is 0 Å². The van der Waals surface area contributed by atoms with E-state index in [0.29, 0.717) is 25.2 Å². The van der Waals surface area contributed by atoms with Gasteiger partial charge >= 0.3 is 0 Å². The summed E-state index contributed by atoms with van der Waals surface area (Å²) in [6.45, 7) is 8.71. The maximum Gasteiger partial charge on any atom is 0.254 e. The van der Waals surface area contributed by atoms with Gasteiger partial charge in [0.2, 0.25) is 10.0 Å². The first-order chi connectivity index (χ1) is 10.9. The van der Waals surface area contributed by atoms with E-state index in [1.165, 1.54) is 16.4 Å². The molecule has 0 aliphatic carbocycles. The first kappa shape index (κ1) is 17.9. The molecule has 0 saturated carbocycles. The fourth-order valence-corrected chi connectivity index (χ4v) is 4.25. The largest absolute Gasteiger partial charge is 0.333 e. The summed E-state index contributed by atoms with van der Waals surface area (Å²) in [4.78, 5) is 14.6. The highest BCUT2D eigenvalue weighted by Crippen LogP contribution is 2.18. The zero-order chi connectivity index (χ0) is 17.0. The van der Waals surface area contributed by atoms with Crippen LogP contribution in [0, 0.1) is 0 Å². The molecular formula is C16H25N3O3S. The Morgan fingerprint density at radius 1 is 1.26 bits per heavy atom. The van der Waals surface area contributed by atoms with E-state index < -0.39 is 10.0 Å². The van der Waals surface area contributed by atoms with Crippen LogP contribution in [0.15, 0.2) is 29.2 Å². The average molecular weight is 339 g/mol. The van der Waals surface area contributed by atoms with Gasteiger partial charge < -0.3 is 10.2 Å². The number of nitrogens with one attached hydrogen (secondary N) is 1. The molecule has 23 heavy (non-hydrogen) atoms. The smallest absolute Gasteiger partial charge is 0.254 e. The van der Waals surface area contributed by atoms with Crippen molar-refractivity contribution in [3.05, 3.63) is 29.8 Å². The van der Waals surface area contributed by atoms with Crippen LogP contribution in [-0.4, -0.2) is 62.3 Å². The summed E-state index contributed by atoms with van der Waals surface area (Å²) < 4.78 is 26.3. The second kappa shape index (κ2) is 7.42. The molecule has 1 atom stereocenters. The molecule has 0 radical (unpaired) electrons. The number of hydrogen-bond donors (Lipinski definition) is 1. The van der Waals surface area contributed by atoms with Gasteiger partial charge in [-0.15, -0.1) is 0 Å².